The van der Waals surface area contributed by atoms with Crippen LogP contribution in [-0.2, 0) is 0 Å². The van der Waals surface area contributed by atoms with Gasteiger partial charge in [0, 0.05) is 17.3 Å². The number of aromatic nitrogens is 2. The van der Waals surface area contributed by atoms with Crippen LogP contribution in [0.15, 0.2) is 23.7 Å². The summed E-state index contributed by atoms with van der Waals surface area (Å²) < 4.78 is 0. The number of carboxylic acids is 1. The predicted octanol–water partition coefficient (Wildman–Crippen LogP) is 2.43. The first kappa shape index (κ1) is 15.1. The molecule has 21 heavy (non-hydrogen) atoms. The number of rotatable bonds is 5. The van der Waals surface area contributed by atoms with Crippen molar-refractivity contribution in [3.63, 3.8) is 0 Å². The van der Waals surface area contributed by atoms with Crippen LogP contribution in [0.3, 0.4) is 0 Å². The number of aromatic carboxylic acids is 1. The number of thiazole rings is 1. The summed E-state index contributed by atoms with van der Waals surface area (Å²) in [7, 11) is 0. The molecule has 0 aliphatic rings. The number of aryl methyl sites for hydroxylation is 1. The minimum absolute atomic E-state index is 0.0888. The van der Waals surface area contributed by atoms with E-state index in [0.717, 1.165) is 17.1 Å². The zero-order valence-electron chi connectivity index (χ0n) is 11.7. The molecule has 0 saturated heterocycles. The van der Waals surface area contributed by atoms with E-state index in [1.807, 2.05) is 19.2 Å². The second-order valence-corrected chi connectivity index (χ2v) is 5.39. The largest absolute Gasteiger partial charge is 0.477 e. The van der Waals surface area contributed by atoms with Crippen molar-refractivity contribution in [2.45, 2.75) is 26.3 Å². The highest BCUT2D eigenvalue weighted by atomic mass is 32.1. The van der Waals surface area contributed by atoms with E-state index >= 15 is 0 Å². The van der Waals surface area contributed by atoms with Gasteiger partial charge in [-0.1, -0.05) is 6.92 Å². The van der Waals surface area contributed by atoms with Crippen LogP contribution < -0.4 is 5.32 Å². The molecule has 6 nitrogen and oxygen atoms in total. The van der Waals surface area contributed by atoms with Gasteiger partial charge in [0.15, 0.2) is 0 Å². The second-order valence-electron chi connectivity index (χ2n) is 4.50. The van der Waals surface area contributed by atoms with E-state index in [1.54, 1.807) is 0 Å². The standard InChI is InChI=1S/C14H15N3O3S/c1-3-10(13-16-8(2)7-21-13)17-12(18)9-4-5-11(14(19)20)15-6-9/h4-7,10H,3H2,1-2H3,(H,17,18)(H,19,20). The molecule has 2 heterocycles. The molecular formula is C14H15N3O3S. The number of carbonyl (C=O) groups excluding carboxylic acids is 1. The maximum absolute atomic E-state index is 12.2. The zero-order valence-corrected chi connectivity index (χ0v) is 12.5. The van der Waals surface area contributed by atoms with Crippen molar-refractivity contribution in [2.24, 2.45) is 0 Å². The van der Waals surface area contributed by atoms with E-state index < -0.39 is 5.97 Å². The summed E-state index contributed by atoms with van der Waals surface area (Å²) in [5, 5.41) is 14.5. The third kappa shape index (κ3) is 3.63. The van der Waals surface area contributed by atoms with Gasteiger partial charge in [0.2, 0.25) is 0 Å². The van der Waals surface area contributed by atoms with Crippen molar-refractivity contribution in [2.75, 3.05) is 0 Å². The Bertz CT molecular complexity index is 652. The zero-order chi connectivity index (χ0) is 15.4. The number of hydrogen-bond acceptors (Lipinski definition) is 5. The van der Waals surface area contributed by atoms with Crippen LogP contribution in [0.5, 0.6) is 0 Å². The maximum Gasteiger partial charge on any atom is 0.354 e. The molecule has 0 spiro atoms. The smallest absolute Gasteiger partial charge is 0.354 e. The van der Waals surface area contributed by atoms with Crippen molar-refractivity contribution >= 4 is 23.2 Å². The first-order chi connectivity index (χ1) is 10.0. The molecule has 0 aromatic carbocycles. The van der Waals surface area contributed by atoms with Crippen molar-refractivity contribution in [1.82, 2.24) is 15.3 Å². The van der Waals surface area contributed by atoms with E-state index in [-0.39, 0.29) is 17.6 Å². The van der Waals surface area contributed by atoms with Crippen LogP contribution >= 0.6 is 11.3 Å². The average molecular weight is 305 g/mol. The monoisotopic (exact) mass is 305 g/mol. The quantitative estimate of drug-likeness (QED) is 0.885. The number of nitrogens with zero attached hydrogens (tertiary/aromatic N) is 2. The van der Waals surface area contributed by atoms with Crippen LogP contribution in [0, 0.1) is 6.92 Å². The molecule has 1 amide bonds. The number of amides is 1. The van der Waals surface area contributed by atoms with Gasteiger partial charge in [-0.15, -0.1) is 11.3 Å². The number of nitrogens with one attached hydrogen (secondary N) is 1. The Hall–Kier alpha value is -2.28. The fourth-order valence-corrected chi connectivity index (χ4v) is 2.70. The summed E-state index contributed by atoms with van der Waals surface area (Å²) in [6, 6.07) is 2.60. The molecule has 0 aliphatic heterocycles. The molecule has 1 atom stereocenters. The molecule has 0 saturated carbocycles. The van der Waals surface area contributed by atoms with Crippen LogP contribution in [0.25, 0.3) is 0 Å². The van der Waals surface area contributed by atoms with Crippen molar-refractivity contribution in [1.29, 1.82) is 0 Å². The Kier molecular flexibility index (Phi) is 4.64. The fraction of sp³-hybridized carbons (Fsp3) is 0.286. The Balaban J connectivity index is 2.10. The van der Waals surface area contributed by atoms with Crippen LogP contribution in [0.2, 0.25) is 0 Å². The second kappa shape index (κ2) is 6.45. The van der Waals surface area contributed by atoms with E-state index in [9.17, 15) is 9.59 Å². The van der Waals surface area contributed by atoms with E-state index in [2.05, 4.69) is 15.3 Å². The average Bonchev–Trinajstić information content (AvgIpc) is 2.91. The van der Waals surface area contributed by atoms with E-state index in [0.29, 0.717) is 5.56 Å². The summed E-state index contributed by atoms with van der Waals surface area (Å²) in [6.07, 6.45) is 1.98. The van der Waals surface area contributed by atoms with Gasteiger partial charge in [0.1, 0.15) is 10.7 Å². The van der Waals surface area contributed by atoms with Gasteiger partial charge in [-0.25, -0.2) is 14.8 Å². The molecule has 1 unspecified atom stereocenters. The Morgan fingerprint density at radius 1 is 1.43 bits per heavy atom. The molecular weight excluding hydrogens is 290 g/mol. The third-order valence-corrected chi connectivity index (χ3v) is 3.97. The molecule has 2 aromatic heterocycles. The minimum Gasteiger partial charge on any atom is -0.477 e. The minimum atomic E-state index is -1.12. The number of carbonyl (C=O) groups is 2. The molecule has 2 aromatic rings. The summed E-state index contributed by atoms with van der Waals surface area (Å²) in [4.78, 5) is 31.0. The molecule has 2 rings (SSSR count). The number of pyridine rings is 1. The summed E-state index contributed by atoms with van der Waals surface area (Å²) in [5.41, 5.74) is 1.16. The predicted molar refractivity (Wildman–Crippen MR) is 78.5 cm³/mol. The van der Waals surface area contributed by atoms with E-state index in [4.69, 9.17) is 5.11 Å². The van der Waals surface area contributed by atoms with Crippen LogP contribution in [0.1, 0.15) is 50.9 Å². The summed E-state index contributed by atoms with van der Waals surface area (Å²) in [6.45, 7) is 3.87. The van der Waals surface area contributed by atoms with E-state index in [1.165, 1.54) is 29.7 Å². The lowest BCUT2D eigenvalue weighted by molar-refractivity contribution is 0.0689. The highest BCUT2D eigenvalue weighted by Crippen LogP contribution is 2.21. The number of carboxylic acid groups (broad SMARTS) is 1. The van der Waals surface area contributed by atoms with Crippen molar-refractivity contribution in [3.05, 3.63) is 45.7 Å². The molecule has 0 radical (unpaired) electrons. The molecule has 2 N–H and O–H groups in total. The van der Waals surface area contributed by atoms with Gasteiger partial charge in [-0.05, 0) is 25.5 Å². The molecule has 110 valence electrons. The Morgan fingerprint density at radius 2 is 2.19 bits per heavy atom. The van der Waals surface area contributed by atoms with Gasteiger partial charge < -0.3 is 10.4 Å². The Labute approximate surface area is 125 Å². The topological polar surface area (TPSA) is 92.2 Å². The summed E-state index contributed by atoms with van der Waals surface area (Å²) in [5.74, 6) is -1.41. The highest BCUT2D eigenvalue weighted by Gasteiger charge is 2.17. The Morgan fingerprint density at radius 3 is 2.67 bits per heavy atom. The normalized spacial score (nSPS) is 11.9. The maximum atomic E-state index is 12.2. The summed E-state index contributed by atoms with van der Waals surface area (Å²) >= 11 is 1.51. The van der Waals surface area contributed by atoms with Gasteiger partial charge in [-0.3, -0.25) is 4.79 Å². The van der Waals surface area contributed by atoms with Gasteiger partial charge in [-0.2, -0.15) is 0 Å². The van der Waals surface area contributed by atoms with Crippen molar-refractivity contribution in [3.8, 4) is 0 Å². The lowest BCUT2D eigenvalue weighted by Gasteiger charge is -2.14. The van der Waals surface area contributed by atoms with Gasteiger partial charge >= 0.3 is 5.97 Å². The lowest BCUT2D eigenvalue weighted by atomic mass is 10.2. The van der Waals surface area contributed by atoms with Crippen LogP contribution in [0.4, 0.5) is 0 Å². The number of hydrogen-bond donors (Lipinski definition) is 2. The first-order valence-electron chi connectivity index (χ1n) is 6.43. The molecule has 0 aliphatic carbocycles. The molecule has 0 bridgehead atoms. The van der Waals surface area contributed by atoms with Crippen LogP contribution in [-0.4, -0.2) is 27.0 Å². The fourth-order valence-electron chi connectivity index (χ4n) is 1.77. The highest BCUT2D eigenvalue weighted by molar-refractivity contribution is 7.09. The van der Waals surface area contributed by atoms with Crippen molar-refractivity contribution < 1.29 is 14.7 Å². The SMILES string of the molecule is CCC(NC(=O)c1ccc(C(=O)O)nc1)c1nc(C)cs1. The molecule has 7 heteroatoms. The third-order valence-electron chi connectivity index (χ3n) is 2.89. The molecule has 0 fully saturated rings. The lowest BCUT2D eigenvalue weighted by Crippen LogP contribution is -2.28. The van der Waals surface area contributed by atoms with Gasteiger partial charge in [0.25, 0.3) is 5.91 Å². The first-order valence-corrected chi connectivity index (χ1v) is 7.31. The van der Waals surface area contributed by atoms with Gasteiger partial charge in [0.05, 0.1) is 11.6 Å².